The predicted octanol–water partition coefficient (Wildman–Crippen LogP) is 5.39. The minimum absolute atomic E-state index is 0.00187. The number of hydrogen-bond donors (Lipinski definition) is 1. The van der Waals surface area contributed by atoms with E-state index in [0.717, 1.165) is 11.1 Å². The number of hydrogen-bond acceptors (Lipinski definition) is 7. The Morgan fingerprint density at radius 1 is 1.05 bits per heavy atom. The van der Waals surface area contributed by atoms with Crippen molar-refractivity contribution in [3.05, 3.63) is 78.4 Å². The van der Waals surface area contributed by atoms with Crippen LogP contribution >= 0.6 is 0 Å². The smallest absolute Gasteiger partial charge is 0.410 e. The second kappa shape index (κ2) is 16.5. The van der Waals surface area contributed by atoms with Crippen LogP contribution in [0.3, 0.4) is 0 Å². The molecule has 2 atom stereocenters. The minimum Gasteiger partial charge on any atom is -0.494 e. The van der Waals surface area contributed by atoms with Crippen LogP contribution in [0.25, 0.3) is 0 Å². The third-order valence-corrected chi connectivity index (χ3v) is 7.04. The zero-order chi connectivity index (χ0) is 32.1. The van der Waals surface area contributed by atoms with Gasteiger partial charge >= 0.3 is 18.0 Å². The number of carbonyl (C=O) groups excluding carboxylic acids is 3. The van der Waals surface area contributed by atoms with E-state index >= 15 is 0 Å². The van der Waals surface area contributed by atoms with Gasteiger partial charge in [-0.1, -0.05) is 55.1 Å². The fourth-order valence-electron chi connectivity index (χ4n) is 4.95. The fraction of sp³-hybridized carbons (Fsp3) is 0.471. The molecule has 1 aliphatic heterocycles. The average molecular weight is 609 g/mol. The number of likely N-dealkylation sites (tertiary alicyclic amines) is 1. The van der Waals surface area contributed by atoms with Crippen molar-refractivity contribution in [2.75, 3.05) is 19.8 Å². The van der Waals surface area contributed by atoms with Gasteiger partial charge in [0.2, 0.25) is 5.91 Å². The zero-order valence-corrected chi connectivity index (χ0v) is 25.9. The summed E-state index contributed by atoms with van der Waals surface area (Å²) in [7, 11) is 0. The summed E-state index contributed by atoms with van der Waals surface area (Å²) in [5.74, 6) is -1.15. The lowest BCUT2D eigenvalue weighted by molar-refractivity contribution is -0.156. The number of benzene rings is 2. The Morgan fingerprint density at radius 3 is 2.39 bits per heavy atom. The lowest BCUT2D eigenvalue weighted by Gasteiger charge is -2.35. The van der Waals surface area contributed by atoms with E-state index < -0.39 is 35.7 Å². The summed E-state index contributed by atoms with van der Waals surface area (Å²) < 4.78 is 16.8. The van der Waals surface area contributed by atoms with E-state index in [-0.39, 0.29) is 31.9 Å². The number of nitrogens with zero attached hydrogens (tertiary/aromatic N) is 2. The first-order chi connectivity index (χ1) is 21.0. The van der Waals surface area contributed by atoms with E-state index in [0.29, 0.717) is 44.6 Å². The largest absolute Gasteiger partial charge is 0.494 e. The normalized spacial score (nSPS) is 15.2. The number of rotatable bonds is 15. The Kier molecular flexibility index (Phi) is 12.8. The Labute approximate surface area is 259 Å². The van der Waals surface area contributed by atoms with Crippen LogP contribution in [0.2, 0.25) is 0 Å². The van der Waals surface area contributed by atoms with Crippen LogP contribution in [0.1, 0.15) is 64.0 Å². The number of unbranched alkanes of at least 4 members (excludes halogenated alkanes) is 1. The van der Waals surface area contributed by atoms with Crippen LogP contribution < -0.4 is 4.74 Å². The molecular weight excluding hydrogens is 564 g/mol. The molecule has 0 bridgehead atoms. The Morgan fingerprint density at radius 2 is 1.75 bits per heavy atom. The molecule has 1 N–H and O–H groups in total. The van der Waals surface area contributed by atoms with Crippen LogP contribution in [0.4, 0.5) is 4.79 Å². The van der Waals surface area contributed by atoms with Crippen molar-refractivity contribution in [3.8, 4) is 5.75 Å². The van der Waals surface area contributed by atoms with Gasteiger partial charge in [-0.05, 0) is 69.7 Å². The second-order valence-electron chi connectivity index (χ2n) is 11.8. The third kappa shape index (κ3) is 10.7. The van der Waals surface area contributed by atoms with E-state index in [4.69, 9.17) is 19.3 Å². The number of carbonyl (C=O) groups is 4. The van der Waals surface area contributed by atoms with E-state index in [1.807, 2.05) is 42.5 Å². The van der Waals surface area contributed by atoms with Gasteiger partial charge in [-0.3, -0.25) is 14.5 Å². The number of aliphatic carboxylic acids is 1. The van der Waals surface area contributed by atoms with Gasteiger partial charge in [0.15, 0.2) is 0 Å². The highest BCUT2D eigenvalue weighted by atomic mass is 16.6. The molecule has 0 aliphatic carbocycles. The molecule has 10 heteroatoms. The predicted molar refractivity (Wildman–Crippen MR) is 165 cm³/mol. The molecule has 1 aliphatic rings. The van der Waals surface area contributed by atoms with Gasteiger partial charge in [-0.2, -0.15) is 0 Å². The summed E-state index contributed by atoms with van der Waals surface area (Å²) in [5.41, 5.74) is 0.887. The topological polar surface area (TPSA) is 123 Å². The molecule has 1 fully saturated rings. The van der Waals surface area contributed by atoms with Crippen LogP contribution in [0.15, 0.2) is 67.3 Å². The maximum Gasteiger partial charge on any atom is 0.410 e. The molecule has 0 spiro atoms. The summed E-state index contributed by atoms with van der Waals surface area (Å²) in [5, 5.41) is 8.80. The molecular formula is C34H44N2O8. The molecule has 1 saturated heterocycles. The molecule has 0 saturated carbocycles. The highest BCUT2D eigenvalue weighted by molar-refractivity contribution is 5.90. The zero-order valence-electron chi connectivity index (χ0n) is 25.9. The molecule has 0 radical (unpaired) electrons. The molecule has 2 aromatic rings. The summed E-state index contributed by atoms with van der Waals surface area (Å²) in [4.78, 5) is 54.6. The Hall–Kier alpha value is -4.34. The molecule has 3 rings (SSSR count). The molecule has 10 nitrogen and oxygen atoms in total. The van der Waals surface area contributed by atoms with Crippen molar-refractivity contribution >= 4 is 23.9 Å². The lowest BCUT2D eigenvalue weighted by atomic mass is 10.0. The van der Waals surface area contributed by atoms with Crippen LogP contribution in [-0.2, 0) is 36.8 Å². The van der Waals surface area contributed by atoms with Crippen molar-refractivity contribution in [2.45, 2.75) is 83.5 Å². The molecule has 238 valence electrons. The van der Waals surface area contributed by atoms with Crippen molar-refractivity contribution < 1.29 is 38.5 Å². The molecule has 0 unspecified atom stereocenters. The number of carboxylic acids is 1. The SMILES string of the molecule is C=CCOC(=O)[C@H](Cc1ccccc1)N(Cc1ccc(OCCCCC(=O)O)cc1)C(=O)[C@@H]1CCCN1C(=O)OC(C)(C)C. The monoisotopic (exact) mass is 608 g/mol. The molecule has 44 heavy (non-hydrogen) atoms. The van der Waals surface area contributed by atoms with Crippen LogP contribution in [0.5, 0.6) is 5.75 Å². The van der Waals surface area contributed by atoms with Crippen molar-refractivity contribution in [3.63, 3.8) is 0 Å². The van der Waals surface area contributed by atoms with E-state index in [1.165, 1.54) is 15.9 Å². The van der Waals surface area contributed by atoms with Crippen molar-refractivity contribution in [1.29, 1.82) is 0 Å². The van der Waals surface area contributed by atoms with Crippen molar-refractivity contribution in [2.24, 2.45) is 0 Å². The van der Waals surface area contributed by atoms with E-state index in [1.54, 1.807) is 32.9 Å². The number of carboxylic acid groups (broad SMARTS) is 1. The summed E-state index contributed by atoms with van der Waals surface area (Å²) in [6.07, 6.45) is 3.45. The quantitative estimate of drug-likeness (QED) is 0.162. The average Bonchev–Trinajstić information content (AvgIpc) is 3.48. The maximum atomic E-state index is 14.3. The number of ether oxygens (including phenoxy) is 3. The van der Waals surface area contributed by atoms with Gasteiger partial charge in [0.05, 0.1) is 6.61 Å². The van der Waals surface area contributed by atoms with Crippen molar-refractivity contribution in [1.82, 2.24) is 9.80 Å². The molecule has 2 aromatic carbocycles. The van der Waals surface area contributed by atoms with E-state index in [2.05, 4.69) is 6.58 Å². The second-order valence-corrected chi connectivity index (χ2v) is 11.8. The van der Waals surface area contributed by atoms with Crippen LogP contribution in [0, 0.1) is 0 Å². The first-order valence-corrected chi connectivity index (χ1v) is 15.0. The molecule has 2 amide bonds. The first kappa shape index (κ1) is 34.2. The third-order valence-electron chi connectivity index (χ3n) is 7.04. The Balaban J connectivity index is 1.88. The van der Waals surface area contributed by atoms with Gasteiger partial charge in [0, 0.05) is 25.9 Å². The van der Waals surface area contributed by atoms with E-state index in [9.17, 15) is 19.2 Å². The lowest BCUT2D eigenvalue weighted by Crippen LogP contribution is -2.54. The molecule has 1 heterocycles. The van der Waals surface area contributed by atoms with Gasteiger partial charge in [-0.25, -0.2) is 9.59 Å². The standard InChI is InChI=1S/C34H44N2O8/c1-5-21-43-32(40)29(23-25-12-7-6-8-13-25)36(31(39)28-14-11-20-35(28)33(41)44-34(2,3)4)24-26-16-18-27(19-17-26)42-22-10-9-15-30(37)38/h5-8,12-13,16-19,28-29H,1,9-11,14-15,20-24H2,2-4H3,(H,37,38)/t28-,29-/m0/s1. The van der Waals surface area contributed by atoms with Crippen LogP contribution in [-0.4, -0.2) is 76.3 Å². The van der Waals surface area contributed by atoms with Gasteiger partial charge in [-0.15, -0.1) is 0 Å². The van der Waals surface area contributed by atoms with Gasteiger partial charge < -0.3 is 24.2 Å². The van der Waals surface area contributed by atoms with Gasteiger partial charge in [0.1, 0.15) is 30.0 Å². The Bertz CT molecular complexity index is 1260. The minimum atomic E-state index is -0.962. The number of amides is 2. The summed E-state index contributed by atoms with van der Waals surface area (Å²) in [6, 6.07) is 14.8. The highest BCUT2D eigenvalue weighted by Gasteiger charge is 2.42. The molecule has 0 aromatic heterocycles. The first-order valence-electron chi connectivity index (χ1n) is 15.0. The summed E-state index contributed by atoms with van der Waals surface area (Å²) >= 11 is 0. The maximum absolute atomic E-state index is 14.3. The highest BCUT2D eigenvalue weighted by Crippen LogP contribution is 2.26. The fourth-order valence-corrected chi connectivity index (χ4v) is 4.95. The summed E-state index contributed by atoms with van der Waals surface area (Å²) in [6.45, 7) is 9.82. The van der Waals surface area contributed by atoms with Gasteiger partial charge in [0.25, 0.3) is 0 Å². The number of esters is 1.